The second kappa shape index (κ2) is 9.48. The highest BCUT2D eigenvalue weighted by Crippen LogP contribution is 2.27. The summed E-state index contributed by atoms with van der Waals surface area (Å²) in [6.07, 6.45) is 0. The van der Waals surface area contributed by atoms with E-state index in [1.165, 1.54) is 11.8 Å². The van der Waals surface area contributed by atoms with Crippen LogP contribution in [-0.4, -0.2) is 17.6 Å². The van der Waals surface area contributed by atoms with Crippen LogP contribution < -0.4 is 15.8 Å². The number of furan rings is 1. The number of halogens is 1. The molecule has 0 aliphatic carbocycles. The fraction of sp³-hybridized carbons (Fsp3) is 0.100. The van der Waals surface area contributed by atoms with E-state index < -0.39 is 5.91 Å². The molecule has 0 saturated carbocycles. The van der Waals surface area contributed by atoms with Gasteiger partial charge in [0.1, 0.15) is 18.1 Å². The highest BCUT2D eigenvalue weighted by molar-refractivity contribution is 9.10. The lowest BCUT2D eigenvalue weighted by Gasteiger charge is -2.09. The number of carbonyl (C=O) groups is 2. The molecule has 0 aliphatic heterocycles. The van der Waals surface area contributed by atoms with Crippen LogP contribution in [0.5, 0.6) is 5.75 Å². The molecule has 28 heavy (non-hydrogen) atoms. The van der Waals surface area contributed by atoms with Gasteiger partial charge >= 0.3 is 0 Å². The average Bonchev–Trinajstić information content (AvgIpc) is 3.16. The quantitative estimate of drug-likeness (QED) is 0.484. The average molecular weight is 461 g/mol. The SMILES string of the molecule is NC(=O)CSc1ccccc1NC(=O)c1ccc(COc2ccc(Br)cc2)o1. The molecule has 6 nitrogen and oxygen atoms in total. The van der Waals surface area contributed by atoms with Crippen molar-refractivity contribution in [3.63, 3.8) is 0 Å². The maximum atomic E-state index is 12.5. The minimum Gasteiger partial charge on any atom is -0.486 e. The Hall–Kier alpha value is -2.71. The lowest BCUT2D eigenvalue weighted by Crippen LogP contribution is -2.14. The Labute approximate surface area is 174 Å². The first kappa shape index (κ1) is 20.0. The first-order chi connectivity index (χ1) is 13.5. The summed E-state index contributed by atoms with van der Waals surface area (Å²) >= 11 is 4.63. The van der Waals surface area contributed by atoms with Gasteiger partial charge in [0.05, 0.1) is 11.4 Å². The molecule has 1 heterocycles. The van der Waals surface area contributed by atoms with Crippen molar-refractivity contribution in [2.45, 2.75) is 11.5 Å². The summed E-state index contributed by atoms with van der Waals surface area (Å²) in [4.78, 5) is 24.2. The van der Waals surface area contributed by atoms with Crippen molar-refractivity contribution in [3.8, 4) is 5.75 Å². The van der Waals surface area contributed by atoms with Crippen molar-refractivity contribution in [1.82, 2.24) is 0 Å². The fourth-order valence-electron chi connectivity index (χ4n) is 2.29. The van der Waals surface area contributed by atoms with Gasteiger partial charge in [-0.1, -0.05) is 28.1 Å². The van der Waals surface area contributed by atoms with Gasteiger partial charge in [-0.25, -0.2) is 0 Å². The molecule has 3 aromatic rings. The molecule has 0 atom stereocenters. The van der Waals surface area contributed by atoms with Gasteiger partial charge in [0.25, 0.3) is 5.91 Å². The monoisotopic (exact) mass is 460 g/mol. The standard InChI is InChI=1S/C20H17BrN2O4S/c21-13-5-7-14(8-6-13)26-11-15-9-10-17(27-15)20(25)23-16-3-1-2-4-18(16)28-12-19(22)24/h1-10H,11-12H2,(H2,22,24)(H,23,25). The number of nitrogens with two attached hydrogens (primary N) is 1. The second-order valence-electron chi connectivity index (χ2n) is 5.71. The number of anilines is 1. The van der Waals surface area contributed by atoms with E-state index in [1.54, 1.807) is 24.3 Å². The lowest BCUT2D eigenvalue weighted by molar-refractivity contribution is -0.115. The third-order valence-corrected chi connectivity index (χ3v) is 5.21. The van der Waals surface area contributed by atoms with Gasteiger partial charge < -0.3 is 20.2 Å². The van der Waals surface area contributed by atoms with E-state index in [-0.39, 0.29) is 24.0 Å². The predicted octanol–water partition coefficient (Wildman–Crippen LogP) is 4.45. The van der Waals surface area contributed by atoms with Crippen LogP contribution in [0, 0.1) is 0 Å². The Morgan fingerprint density at radius 1 is 1.07 bits per heavy atom. The Kier molecular flexibility index (Phi) is 6.78. The molecule has 0 aliphatic rings. The van der Waals surface area contributed by atoms with Crippen molar-refractivity contribution in [1.29, 1.82) is 0 Å². The highest BCUT2D eigenvalue weighted by atomic mass is 79.9. The lowest BCUT2D eigenvalue weighted by atomic mass is 10.3. The van der Waals surface area contributed by atoms with Gasteiger partial charge in [-0.3, -0.25) is 9.59 Å². The number of primary amides is 1. The molecule has 2 amide bonds. The minimum atomic E-state index is -0.424. The molecule has 0 bridgehead atoms. The number of carbonyl (C=O) groups excluding carboxylic acids is 2. The number of benzene rings is 2. The summed E-state index contributed by atoms with van der Waals surface area (Å²) in [6.45, 7) is 0.208. The predicted molar refractivity (Wildman–Crippen MR) is 111 cm³/mol. The van der Waals surface area contributed by atoms with Crippen LogP contribution in [0.4, 0.5) is 5.69 Å². The molecule has 3 rings (SSSR count). The maximum absolute atomic E-state index is 12.5. The van der Waals surface area contributed by atoms with Gasteiger partial charge in [-0.05, 0) is 48.5 Å². The highest BCUT2D eigenvalue weighted by Gasteiger charge is 2.14. The molecule has 0 radical (unpaired) electrons. The van der Waals surface area contributed by atoms with Crippen LogP contribution in [0.1, 0.15) is 16.3 Å². The zero-order valence-electron chi connectivity index (χ0n) is 14.7. The maximum Gasteiger partial charge on any atom is 0.291 e. The summed E-state index contributed by atoms with van der Waals surface area (Å²) < 4.78 is 12.2. The molecule has 1 aromatic heterocycles. The Balaban J connectivity index is 1.61. The summed E-state index contributed by atoms with van der Waals surface area (Å²) in [5.74, 6) is 0.722. The third-order valence-electron chi connectivity index (χ3n) is 3.59. The summed E-state index contributed by atoms with van der Waals surface area (Å²) in [5.41, 5.74) is 5.77. The minimum absolute atomic E-state index is 0.130. The van der Waals surface area contributed by atoms with E-state index in [0.29, 0.717) is 17.2 Å². The van der Waals surface area contributed by atoms with Crippen molar-refractivity contribution in [2.24, 2.45) is 5.73 Å². The third kappa shape index (κ3) is 5.64. The van der Waals surface area contributed by atoms with Gasteiger partial charge in [-0.15, -0.1) is 11.8 Å². The number of thioether (sulfide) groups is 1. The number of amides is 2. The summed E-state index contributed by atoms with van der Waals surface area (Å²) in [5, 5.41) is 2.79. The summed E-state index contributed by atoms with van der Waals surface area (Å²) in [7, 11) is 0. The molecule has 0 fully saturated rings. The van der Waals surface area contributed by atoms with E-state index >= 15 is 0 Å². The van der Waals surface area contributed by atoms with Crippen LogP contribution in [0.2, 0.25) is 0 Å². The number of para-hydroxylation sites is 1. The number of ether oxygens (including phenoxy) is 1. The van der Waals surface area contributed by atoms with E-state index in [0.717, 1.165) is 9.37 Å². The molecule has 3 N–H and O–H groups in total. The van der Waals surface area contributed by atoms with Crippen LogP contribution in [0.25, 0.3) is 0 Å². The molecule has 2 aromatic carbocycles. The smallest absolute Gasteiger partial charge is 0.291 e. The molecule has 0 saturated heterocycles. The first-order valence-electron chi connectivity index (χ1n) is 8.30. The van der Waals surface area contributed by atoms with Crippen LogP contribution in [-0.2, 0) is 11.4 Å². The number of hydrogen-bond donors (Lipinski definition) is 2. The van der Waals surface area contributed by atoms with Crippen LogP contribution >= 0.6 is 27.7 Å². The van der Waals surface area contributed by atoms with Crippen LogP contribution in [0.15, 0.2) is 74.4 Å². The molecular formula is C20H17BrN2O4S. The largest absolute Gasteiger partial charge is 0.486 e. The Morgan fingerprint density at radius 3 is 2.57 bits per heavy atom. The summed E-state index contributed by atoms with van der Waals surface area (Å²) in [6, 6.07) is 17.9. The number of rotatable bonds is 8. The molecule has 0 spiro atoms. The van der Waals surface area contributed by atoms with Crippen LogP contribution in [0.3, 0.4) is 0 Å². The van der Waals surface area contributed by atoms with Crippen molar-refractivity contribution < 1.29 is 18.7 Å². The number of hydrogen-bond acceptors (Lipinski definition) is 5. The fourth-order valence-corrected chi connectivity index (χ4v) is 3.30. The van der Waals surface area contributed by atoms with Gasteiger partial charge in [0.2, 0.25) is 5.91 Å². The van der Waals surface area contributed by atoms with E-state index in [4.69, 9.17) is 14.9 Å². The second-order valence-corrected chi connectivity index (χ2v) is 7.65. The Morgan fingerprint density at radius 2 is 1.82 bits per heavy atom. The zero-order chi connectivity index (χ0) is 19.9. The Bertz CT molecular complexity index is 972. The van der Waals surface area contributed by atoms with E-state index in [9.17, 15) is 9.59 Å². The normalized spacial score (nSPS) is 10.5. The number of nitrogens with one attached hydrogen (secondary N) is 1. The van der Waals surface area contributed by atoms with Gasteiger partial charge in [-0.2, -0.15) is 0 Å². The molecule has 144 valence electrons. The molecule has 0 unspecified atom stereocenters. The van der Waals surface area contributed by atoms with Crippen molar-refractivity contribution in [2.75, 3.05) is 11.1 Å². The topological polar surface area (TPSA) is 94.6 Å². The first-order valence-corrected chi connectivity index (χ1v) is 10.1. The van der Waals surface area contributed by atoms with Gasteiger partial charge in [0.15, 0.2) is 5.76 Å². The van der Waals surface area contributed by atoms with Crippen molar-refractivity contribution >= 4 is 45.2 Å². The molecule has 8 heteroatoms. The van der Waals surface area contributed by atoms with Crippen molar-refractivity contribution in [3.05, 3.63) is 76.7 Å². The zero-order valence-corrected chi connectivity index (χ0v) is 17.1. The van der Waals surface area contributed by atoms with Gasteiger partial charge in [0, 0.05) is 9.37 Å². The van der Waals surface area contributed by atoms with E-state index in [2.05, 4.69) is 21.2 Å². The molecular weight excluding hydrogens is 444 g/mol. The van der Waals surface area contributed by atoms with E-state index in [1.807, 2.05) is 36.4 Å².